The first-order chi connectivity index (χ1) is 19.6. The highest BCUT2D eigenvalue weighted by Gasteiger charge is 2.11. The molecule has 2 N–H and O–H groups in total. The van der Waals surface area contributed by atoms with E-state index in [0.717, 1.165) is 22.3 Å². The standard InChI is InChI=1S/C36H28N2O2/c39-35(37-33-22-18-29(19-23-33)16-14-27-8-3-1-4-9-27)31-12-7-13-32(26-31)36(40)38-34-24-20-30(21-25-34)17-15-28-10-5-2-6-11-28/h1-26H,(H,37,39)(H,38,40)/b16-14-,17-15-. The fourth-order valence-electron chi connectivity index (χ4n) is 4.08. The highest BCUT2D eigenvalue weighted by atomic mass is 16.2. The van der Waals surface area contributed by atoms with Crippen LogP contribution in [0.25, 0.3) is 24.3 Å². The Morgan fingerprint density at radius 2 is 0.750 bits per heavy atom. The second kappa shape index (κ2) is 12.9. The minimum absolute atomic E-state index is 0.281. The monoisotopic (exact) mass is 520 g/mol. The zero-order chi connectivity index (χ0) is 27.6. The molecule has 0 bridgehead atoms. The summed E-state index contributed by atoms with van der Waals surface area (Å²) in [5.74, 6) is -0.562. The van der Waals surface area contributed by atoms with E-state index in [0.29, 0.717) is 22.5 Å². The van der Waals surface area contributed by atoms with E-state index in [1.807, 2.05) is 133 Å². The smallest absolute Gasteiger partial charge is 0.255 e. The number of hydrogen-bond donors (Lipinski definition) is 2. The minimum atomic E-state index is -0.281. The first-order valence-electron chi connectivity index (χ1n) is 13.0. The summed E-state index contributed by atoms with van der Waals surface area (Å²) in [6, 6.07) is 42.1. The summed E-state index contributed by atoms with van der Waals surface area (Å²) in [5, 5.41) is 5.81. The Morgan fingerprint density at radius 3 is 1.12 bits per heavy atom. The van der Waals surface area contributed by atoms with E-state index in [1.165, 1.54) is 0 Å². The summed E-state index contributed by atoms with van der Waals surface area (Å²) in [4.78, 5) is 25.8. The zero-order valence-corrected chi connectivity index (χ0v) is 21.8. The third kappa shape index (κ3) is 7.30. The van der Waals surface area contributed by atoms with Crippen molar-refractivity contribution in [1.29, 1.82) is 0 Å². The molecule has 40 heavy (non-hydrogen) atoms. The van der Waals surface area contributed by atoms with E-state index in [9.17, 15) is 9.59 Å². The molecule has 0 heterocycles. The lowest BCUT2D eigenvalue weighted by Gasteiger charge is -2.09. The Labute approximate surface area is 234 Å². The van der Waals surface area contributed by atoms with Crippen molar-refractivity contribution >= 4 is 47.5 Å². The van der Waals surface area contributed by atoms with Crippen LogP contribution < -0.4 is 10.6 Å². The molecular weight excluding hydrogens is 492 g/mol. The van der Waals surface area contributed by atoms with Gasteiger partial charge in [-0.15, -0.1) is 0 Å². The van der Waals surface area contributed by atoms with Crippen molar-refractivity contribution in [2.24, 2.45) is 0 Å². The van der Waals surface area contributed by atoms with E-state index in [4.69, 9.17) is 0 Å². The molecule has 0 aliphatic rings. The van der Waals surface area contributed by atoms with E-state index < -0.39 is 0 Å². The van der Waals surface area contributed by atoms with Crippen LogP contribution in [-0.2, 0) is 0 Å². The molecule has 0 atom stereocenters. The van der Waals surface area contributed by atoms with Crippen LogP contribution in [0.3, 0.4) is 0 Å². The number of anilines is 2. The predicted octanol–water partition coefficient (Wildman–Crippen LogP) is 8.53. The van der Waals surface area contributed by atoms with Crippen molar-refractivity contribution < 1.29 is 9.59 Å². The fraction of sp³-hybridized carbons (Fsp3) is 0. The molecule has 0 unspecified atom stereocenters. The van der Waals surface area contributed by atoms with Gasteiger partial charge in [0, 0.05) is 22.5 Å². The van der Waals surface area contributed by atoms with E-state index >= 15 is 0 Å². The molecule has 0 saturated carbocycles. The van der Waals surface area contributed by atoms with Crippen LogP contribution in [-0.4, -0.2) is 11.8 Å². The first kappa shape index (κ1) is 26.1. The summed E-state index contributed by atoms with van der Waals surface area (Å²) in [7, 11) is 0. The highest BCUT2D eigenvalue weighted by molar-refractivity contribution is 6.08. The molecule has 5 aromatic rings. The van der Waals surface area contributed by atoms with E-state index in [-0.39, 0.29) is 11.8 Å². The number of benzene rings is 5. The van der Waals surface area contributed by atoms with Crippen molar-refractivity contribution in [3.8, 4) is 0 Å². The Morgan fingerprint density at radius 1 is 0.400 bits per heavy atom. The molecule has 0 spiro atoms. The molecule has 194 valence electrons. The topological polar surface area (TPSA) is 58.2 Å². The van der Waals surface area contributed by atoms with Crippen molar-refractivity contribution in [2.45, 2.75) is 0 Å². The van der Waals surface area contributed by atoms with Crippen LogP contribution in [0, 0.1) is 0 Å². The van der Waals surface area contributed by atoms with Gasteiger partial charge in [-0.25, -0.2) is 0 Å². The van der Waals surface area contributed by atoms with Gasteiger partial charge in [-0.2, -0.15) is 0 Å². The summed E-state index contributed by atoms with van der Waals surface area (Å²) >= 11 is 0. The normalized spacial score (nSPS) is 11.0. The number of nitrogens with one attached hydrogen (secondary N) is 2. The third-order valence-corrected chi connectivity index (χ3v) is 6.26. The van der Waals surface area contributed by atoms with Crippen molar-refractivity contribution in [3.05, 3.63) is 167 Å². The Bertz CT molecular complexity index is 1520. The predicted molar refractivity (Wildman–Crippen MR) is 166 cm³/mol. The lowest BCUT2D eigenvalue weighted by molar-refractivity contribution is 0.102. The SMILES string of the molecule is O=C(Nc1ccc(/C=C\c2ccccc2)cc1)c1cccc(C(=O)Nc2ccc(/C=C\c3ccccc3)cc2)c1. The lowest BCUT2D eigenvalue weighted by Crippen LogP contribution is -2.15. The fourth-order valence-corrected chi connectivity index (χ4v) is 4.08. The number of rotatable bonds is 8. The van der Waals surface area contributed by atoms with E-state index in [1.54, 1.807) is 24.3 Å². The summed E-state index contributed by atoms with van der Waals surface area (Å²) in [5.41, 5.74) is 6.47. The summed E-state index contributed by atoms with van der Waals surface area (Å²) in [6.07, 6.45) is 8.14. The Hall–Kier alpha value is -5.48. The van der Waals surface area contributed by atoms with Gasteiger partial charge in [0.15, 0.2) is 0 Å². The van der Waals surface area contributed by atoms with Gasteiger partial charge < -0.3 is 10.6 Å². The van der Waals surface area contributed by atoms with Gasteiger partial charge in [0.05, 0.1) is 0 Å². The van der Waals surface area contributed by atoms with Crippen molar-refractivity contribution in [2.75, 3.05) is 10.6 Å². The van der Waals surface area contributed by atoms with Gasteiger partial charge in [0.25, 0.3) is 11.8 Å². The number of carbonyl (C=O) groups excluding carboxylic acids is 2. The molecule has 0 aromatic heterocycles. The summed E-state index contributed by atoms with van der Waals surface area (Å²) in [6.45, 7) is 0. The van der Waals surface area contributed by atoms with Crippen LogP contribution in [0.15, 0.2) is 133 Å². The van der Waals surface area contributed by atoms with Crippen molar-refractivity contribution in [1.82, 2.24) is 0 Å². The van der Waals surface area contributed by atoms with Crippen LogP contribution in [0.5, 0.6) is 0 Å². The van der Waals surface area contributed by atoms with Crippen molar-refractivity contribution in [3.63, 3.8) is 0 Å². The Balaban J connectivity index is 1.18. The number of amides is 2. The van der Waals surface area contributed by atoms with Gasteiger partial charge in [-0.3, -0.25) is 9.59 Å². The van der Waals surface area contributed by atoms with E-state index in [2.05, 4.69) is 10.6 Å². The van der Waals surface area contributed by atoms with Crippen LogP contribution >= 0.6 is 0 Å². The largest absolute Gasteiger partial charge is 0.322 e. The Kier molecular flexibility index (Phi) is 8.40. The molecule has 5 aromatic carbocycles. The van der Waals surface area contributed by atoms with Gasteiger partial charge in [0.1, 0.15) is 0 Å². The van der Waals surface area contributed by atoms with Crippen LogP contribution in [0.1, 0.15) is 43.0 Å². The summed E-state index contributed by atoms with van der Waals surface area (Å²) < 4.78 is 0. The first-order valence-corrected chi connectivity index (χ1v) is 13.0. The molecule has 0 aliphatic carbocycles. The second-order valence-corrected chi connectivity index (χ2v) is 9.22. The maximum absolute atomic E-state index is 12.9. The second-order valence-electron chi connectivity index (χ2n) is 9.22. The molecule has 5 rings (SSSR count). The maximum atomic E-state index is 12.9. The lowest BCUT2D eigenvalue weighted by atomic mass is 10.1. The van der Waals surface area contributed by atoms with Gasteiger partial charge in [-0.1, -0.05) is 115 Å². The maximum Gasteiger partial charge on any atom is 0.255 e. The molecule has 4 nitrogen and oxygen atoms in total. The highest BCUT2D eigenvalue weighted by Crippen LogP contribution is 2.17. The number of carbonyl (C=O) groups is 2. The average Bonchev–Trinajstić information content (AvgIpc) is 3.01. The number of hydrogen-bond acceptors (Lipinski definition) is 2. The molecule has 0 radical (unpaired) electrons. The molecule has 0 fully saturated rings. The zero-order valence-electron chi connectivity index (χ0n) is 21.8. The molecule has 0 saturated heterocycles. The molecule has 0 aliphatic heterocycles. The van der Waals surface area contributed by atoms with Gasteiger partial charge in [0.2, 0.25) is 0 Å². The molecular formula is C36H28N2O2. The van der Waals surface area contributed by atoms with Gasteiger partial charge >= 0.3 is 0 Å². The molecule has 2 amide bonds. The van der Waals surface area contributed by atoms with Crippen LogP contribution in [0.2, 0.25) is 0 Å². The van der Waals surface area contributed by atoms with Crippen LogP contribution in [0.4, 0.5) is 11.4 Å². The quantitative estimate of drug-likeness (QED) is 0.201. The van der Waals surface area contributed by atoms with Gasteiger partial charge in [-0.05, 0) is 64.7 Å². The third-order valence-electron chi connectivity index (χ3n) is 6.26. The average molecular weight is 521 g/mol. The minimum Gasteiger partial charge on any atom is -0.322 e. The molecule has 4 heteroatoms.